The Labute approximate surface area is 188 Å². The van der Waals surface area contributed by atoms with E-state index in [-0.39, 0.29) is 37.5 Å². The molecule has 15 heteroatoms. The molecule has 1 atom stereocenters. The number of nitrogens with zero attached hydrogens (tertiary/aromatic N) is 1. The monoisotopic (exact) mass is 476 g/mol. The van der Waals surface area contributed by atoms with Gasteiger partial charge in [-0.25, -0.2) is 0 Å². The van der Waals surface area contributed by atoms with Crippen molar-refractivity contribution < 1.29 is 37.6 Å². The highest BCUT2D eigenvalue weighted by molar-refractivity contribution is 6.58. The van der Waals surface area contributed by atoms with E-state index in [1.807, 2.05) is 0 Å². The predicted octanol–water partition coefficient (Wildman–Crippen LogP) is -2.71. The maximum Gasteiger partial charge on any atom is 0.488 e. The summed E-state index contributed by atoms with van der Waals surface area (Å²) in [6.45, 7) is 0.501. The lowest BCUT2D eigenvalue weighted by Crippen LogP contribution is -2.45. The van der Waals surface area contributed by atoms with E-state index in [9.17, 15) is 27.6 Å². The number of carbonyl (C=O) groups is 3. The fraction of sp³-hybridized carbons (Fsp3) is 0.500. The first-order valence-corrected chi connectivity index (χ1v) is 9.98. The minimum absolute atomic E-state index is 0.0106. The van der Waals surface area contributed by atoms with E-state index in [0.29, 0.717) is 25.2 Å². The Balaban J connectivity index is 2.62. The van der Waals surface area contributed by atoms with Crippen molar-refractivity contribution in [2.24, 2.45) is 17.2 Å². The van der Waals surface area contributed by atoms with Crippen LogP contribution in [0, 0.1) is 0 Å². The van der Waals surface area contributed by atoms with Gasteiger partial charge >= 0.3 is 13.3 Å². The zero-order valence-electron chi connectivity index (χ0n) is 17.8. The van der Waals surface area contributed by atoms with Gasteiger partial charge in [0, 0.05) is 38.3 Å². The summed E-state index contributed by atoms with van der Waals surface area (Å²) in [7, 11) is -2.19. The third-order valence-corrected chi connectivity index (χ3v) is 4.44. The molecule has 10 N–H and O–H groups in total. The van der Waals surface area contributed by atoms with Gasteiger partial charge in [-0.3, -0.25) is 14.4 Å². The number of alkyl halides is 3. The van der Waals surface area contributed by atoms with Crippen molar-refractivity contribution in [3.63, 3.8) is 0 Å². The number of carbonyl (C=O) groups excluding carboxylic acids is 3. The van der Waals surface area contributed by atoms with Crippen LogP contribution in [0.1, 0.15) is 18.4 Å². The van der Waals surface area contributed by atoms with Gasteiger partial charge in [-0.1, -0.05) is 6.07 Å². The summed E-state index contributed by atoms with van der Waals surface area (Å²) in [5, 5.41) is 22.7. The van der Waals surface area contributed by atoms with Gasteiger partial charge in [0.1, 0.15) is 0 Å². The molecule has 0 saturated carbocycles. The molecule has 0 aliphatic carbocycles. The van der Waals surface area contributed by atoms with E-state index in [2.05, 4.69) is 10.6 Å². The van der Waals surface area contributed by atoms with Crippen LogP contribution in [0.15, 0.2) is 18.2 Å². The molecule has 0 aliphatic rings. The number of hydrogen-bond donors (Lipinski definition) is 7. The largest absolute Gasteiger partial charge is 0.488 e. The second-order valence-corrected chi connectivity index (χ2v) is 7.08. The van der Waals surface area contributed by atoms with Crippen molar-refractivity contribution in [1.29, 1.82) is 0 Å². The van der Waals surface area contributed by atoms with Crippen LogP contribution >= 0.6 is 0 Å². The molecule has 0 radical (unpaired) electrons. The van der Waals surface area contributed by atoms with Crippen molar-refractivity contribution in [2.45, 2.75) is 25.1 Å². The van der Waals surface area contributed by atoms with E-state index < -0.39 is 48.7 Å². The quantitative estimate of drug-likeness (QED) is 0.158. The SMILES string of the molecule is NCCN(CCN)C(=O)CCC(N)C(=O)NCC(=O)Nc1cc(B(O)O)cc(C(F)(F)F)c1. The standard InChI is InChI=1S/C18H28BF3N6O5/c20-18(21,22)11-7-12(19(32)33)9-13(8-11)27-15(29)10-26-17(31)14(25)1-2-16(30)28(5-3-23)6-4-24/h7-9,14,32-33H,1-6,10,23-25H2,(H,26,31)(H,27,29). The molecule has 184 valence electrons. The highest BCUT2D eigenvalue weighted by Crippen LogP contribution is 2.30. The topological polar surface area (TPSA) is 197 Å². The van der Waals surface area contributed by atoms with E-state index in [4.69, 9.17) is 27.2 Å². The molecular formula is C18H28BF3N6O5. The molecule has 0 heterocycles. The molecule has 0 spiro atoms. The average molecular weight is 476 g/mol. The zero-order valence-corrected chi connectivity index (χ0v) is 17.8. The summed E-state index contributed by atoms with van der Waals surface area (Å²) in [5.41, 5.74) is 14.6. The van der Waals surface area contributed by atoms with Crippen molar-refractivity contribution >= 4 is 36.0 Å². The molecule has 1 aromatic rings. The molecule has 0 aromatic heterocycles. The summed E-state index contributed by atoms with van der Waals surface area (Å²) in [5.74, 6) is -1.89. The smallest absolute Gasteiger partial charge is 0.423 e. The molecular weight excluding hydrogens is 448 g/mol. The Kier molecular flexibility index (Phi) is 11.2. The van der Waals surface area contributed by atoms with Crippen molar-refractivity contribution in [3.05, 3.63) is 23.8 Å². The highest BCUT2D eigenvalue weighted by Gasteiger charge is 2.32. The van der Waals surface area contributed by atoms with Crippen LogP contribution in [-0.2, 0) is 20.6 Å². The maximum absolute atomic E-state index is 13.0. The second-order valence-electron chi connectivity index (χ2n) is 7.08. The molecule has 1 unspecified atom stereocenters. The lowest BCUT2D eigenvalue weighted by Gasteiger charge is -2.22. The van der Waals surface area contributed by atoms with Gasteiger partial charge in [-0.15, -0.1) is 0 Å². The first-order valence-electron chi connectivity index (χ1n) is 9.98. The lowest BCUT2D eigenvalue weighted by molar-refractivity contribution is -0.137. The molecule has 33 heavy (non-hydrogen) atoms. The number of nitrogens with two attached hydrogens (primary N) is 3. The Morgan fingerprint density at radius 3 is 2.21 bits per heavy atom. The number of hydrogen-bond acceptors (Lipinski definition) is 8. The Morgan fingerprint density at radius 2 is 1.70 bits per heavy atom. The summed E-state index contributed by atoms with van der Waals surface area (Å²) < 4.78 is 38.9. The van der Waals surface area contributed by atoms with Gasteiger partial charge in [0.25, 0.3) is 0 Å². The summed E-state index contributed by atoms with van der Waals surface area (Å²) in [6.07, 6.45) is -4.84. The van der Waals surface area contributed by atoms with Crippen LogP contribution in [0.25, 0.3) is 0 Å². The van der Waals surface area contributed by atoms with Crippen molar-refractivity contribution in [1.82, 2.24) is 10.2 Å². The van der Waals surface area contributed by atoms with Gasteiger partial charge in [0.2, 0.25) is 17.7 Å². The van der Waals surface area contributed by atoms with Crippen molar-refractivity contribution in [2.75, 3.05) is 38.0 Å². The average Bonchev–Trinajstić information content (AvgIpc) is 2.74. The van der Waals surface area contributed by atoms with Gasteiger partial charge in [0.05, 0.1) is 18.2 Å². The molecule has 3 amide bonds. The summed E-state index contributed by atoms with van der Waals surface area (Å²) >= 11 is 0. The Hall–Kier alpha value is -2.72. The third kappa shape index (κ3) is 9.75. The van der Waals surface area contributed by atoms with E-state index in [1.54, 1.807) is 0 Å². The fourth-order valence-corrected chi connectivity index (χ4v) is 2.78. The minimum atomic E-state index is -4.79. The molecule has 11 nitrogen and oxygen atoms in total. The molecule has 0 fully saturated rings. The summed E-state index contributed by atoms with van der Waals surface area (Å²) in [4.78, 5) is 37.7. The number of benzene rings is 1. The molecule has 1 aromatic carbocycles. The molecule has 0 aliphatic heterocycles. The van der Waals surface area contributed by atoms with E-state index >= 15 is 0 Å². The van der Waals surface area contributed by atoms with Crippen LogP contribution in [0.3, 0.4) is 0 Å². The van der Waals surface area contributed by atoms with Crippen LogP contribution in [0.2, 0.25) is 0 Å². The maximum atomic E-state index is 13.0. The van der Waals surface area contributed by atoms with Gasteiger partial charge < -0.3 is 42.8 Å². The van der Waals surface area contributed by atoms with Gasteiger partial charge in [0.15, 0.2) is 0 Å². The first kappa shape index (κ1) is 28.3. The Bertz CT molecular complexity index is 821. The fourth-order valence-electron chi connectivity index (χ4n) is 2.78. The number of nitrogens with one attached hydrogen (secondary N) is 2. The predicted molar refractivity (Wildman–Crippen MR) is 115 cm³/mol. The van der Waals surface area contributed by atoms with Crippen LogP contribution < -0.4 is 33.3 Å². The number of halogens is 3. The highest BCUT2D eigenvalue weighted by atomic mass is 19.4. The molecule has 1 rings (SSSR count). The first-order chi connectivity index (χ1) is 15.4. The van der Waals surface area contributed by atoms with Crippen LogP contribution in [-0.4, -0.2) is 78.6 Å². The van der Waals surface area contributed by atoms with E-state index in [1.165, 1.54) is 4.90 Å². The normalized spacial score (nSPS) is 12.1. The van der Waals surface area contributed by atoms with E-state index in [0.717, 1.165) is 6.07 Å². The van der Waals surface area contributed by atoms with Crippen LogP contribution in [0.5, 0.6) is 0 Å². The Morgan fingerprint density at radius 1 is 1.09 bits per heavy atom. The number of rotatable bonds is 12. The molecule has 0 saturated heterocycles. The number of amides is 3. The number of anilines is 1. The van der Waals surface area contributed by atoms with Crippen molar-refractivity contribution in [3.8, 4) is 0 Å². The van der Waals surface area contributed by atoms with Gasteiger partial charge in [-0.2, -0.15) is 13.2 Å². The van der Waals surface area contributed by atoms with Gasteiger partial charge in [-0.05, 0) is 24.0 Å². The minimum Gasteiger partial charge on any atom is -0.423 e. The third-order valence-electron chi connectivity index (χ3n) is 4.44. The summed E-state index contributed by atoms with van der Waals surface area (Å²) in [6, 6.07) is 0.983. The molecule has 0 bridgehead atoms. The zero-order chi connectivity index (χ0) is 25.2. The lowest BCUT2D eigenvalue weighted by atomic mass is 9.79. The second kappa shape index (κ2) is 13.1. The van der Waals surface area contributed by atoms with Crippen LogP contribution in [0.4, 0.5) is 18.9 Å².